The zero-order chi connectivity index (χ0) is 23.3. The summed E-state index contributed by atoms with van der Waals surface area (Å²) in [6.07, 6.45) is 2.56. The van der Waals surface area contributed by atoms with E-state index in [4.69, 9.17) is 4.42 Å². The van der Waals surface area contributed by atoms with Gasteiger partial charge in [-0.1, -0.05) is 18.2 Å². The molecule has 0 aliphatic carbocycles. The smallest absolute Gasteiger partial charge is 0.253 e. The summed E-state index contributed by atoms with van der Waals surface area (Å²) < 4.78 is 31.0. The second-order valence-electron chi connectivity index (χ2n) is 7.39. The lowest BCUT2D eigenvalue weighted by molar-refractivity contribution is -0.114. The van der Waals surface area contributed by atoms with E-state index in [-0.39, 0.29) is 17.8 Å². The van der Waals surface area contributed by atoms with Crippen molar-refractivity contribution in [3.8, 4) is 0 Å². The van der Waals surface area contributed by atoms with E-state index in [1.165, 1.54) is 6.26 Å². The Morgan fingerprint density at radius 2 is 1.75 bits per heavy atom. The molecule has 2 aromatic carbocycles. The van der Waals surface area contributed by atoms with Crippen LogP contribution in [0.5, 0.6) is 0 Å². The lowest BCUT2D eigenvalue weighted by Crippen LogP contribution is -2.37. The highest BCUT2D eigenvalue weighted by Crippen LogP contribution is 2.22. The molecule has 0 fully saturated rings. The lowest BCUT2D eigenvalue weighted by atomic mass is 10.1. The fraction of sp³-hybridized carbons (Fsp3) is 0.217. The number of hydrogen-bond acceptors (Lipinski definition) is 5. The van der Waals surface area contributed by atoms with E-state index < -0.39 is 28.4 Å². The highest BCUT2D eigenvalue weighted by molar-refractivity contribution is 7.92. The zero-order valence-corrected chi connectivity index (χ0v) is 18.9. The Kier molecular flexibility index (Phi) is 6.99. The summed E-state index contributed by atoms with van der Waals surface area (Å²) in [6.45, 7) is 3.56. The van der Waals surface area contributed by atoms with Crippen LogP contribution in [-0.4, -0.2) is 33.0 Å². The van der Waals surface area contributed by atoms with Gasteiger partial charge in [-0.3, -0.25) is 13.9 Å². The van der Waals surface area contributed by atoms with Gasteiger partial charge >= 0.3 is 0 Å². The molecule has 168 valence electrons. The van der Waals surface area contributed by atoms with Gasteiger partial charge < -0.3 is 15.1 Å². The molecule has 8 nitrogen and oxygen atoms in total. The summed E-state index contributed by atoms with van der Waals surface area (Å²) in [7, 11) is -3.71. The van der Waals surface area contributed by atoms with Gasteiger partial charge in [0.15, 0.2) is 0 Å². The first-order valence-corrected chi connectivity index (χ1v) is 11.7. The Morgan fingerprint density at radius 3 is 2.41 bits per heavy atom. The Balaban J connectivity index is 1.75. The summed E-state index contributed by atoms with van der Waals surface area (Å²) in [4.78, 5) is 25.4. The number of rotatable bonds is 8. The molecule has 0 aliphatic heterocycles. The Hall–Kier alpha value is -3.59. The number of para-hydroxylation sites is 1. The van der Waals surface area contributed by atoms with E-state index in [1.54, 1.807) is 54.6 Å². The van der Waals surface area contributed by atoms with Crippen LogP contribution < -0.4 is 14.9 Å². The average molecular weight is 456 g/mol. The average Bonchev–Trinajstić information content (AvgIpc) is 3.26. The van der Waals surface area contributed by atoms with Crippen LogP contribution in [0.2, 0.25) is 0 Å². The molecule has 9 heteroatoms. The second kappa shape index (κ2) is 9.69. The van der Waals surface area contributed by atoms with Crippen LogP contribution in [0.15, 0.2) is 65.3 Å². The molecule has 0 saturated carbocycles. The number of anilines is 2. The third kappa shape index (κ3) is 5.76. The summed E-state index contributed by atoms with van der Waals surface area (Å²) in [6, 6.07) is 15.2. The minimum absolute atomic E-state index is 0.197. The maximum Gasteiger partial charge on any atom is 0.253 e. The van der Waals surface area contributed by atoms with Crippen molar-refractivity contribution in [2.75, 3.05) is 22.4 Å². The molecule has 0 spiro atoms. The number of furan rings is 1. The SMILES string of the molecule is Cc1ccc(N(CC(=O)Nc2ccccc2C(=O)NCc2ccco2)S(C)(=O)=O)cc1C. The third-order valence-corrected chi connectivity index (χ3v) is 6.06. The fourth-order valence-electron chi connectivity index (χ4n) is 3.07. The Morgan fingerprint density at radius 1 is 1.00 bits per heavy atom. The Labute approximate surface area is 187 Å². The van der Waals surface area contributed by atoms with E-state index in [0.717, 1.165) is 21.7 Å². The van der Waals surface area contributed by atoms with Gasteiger partial charge in [0.05, 0.1) is 36.0 Å². The molecule has 32 heavy (non-hydrogen) atoms. The molecule has 3 rings (SSSR count). The number of nitrogens with zero attached hydrogens (tertiary/aromatic N) is 1. The van der Waals surface area contributed by atoms with E-state index in [2.05, 4.69) is 10.6 Å². The van der Waals surface area contributed by atoms with Gasteiger partial charge in [0.2, 0.25) is 15.9 Å². The highest BCUT2D eigenvalue weighted by atomic mass is 32.2. The molecular weight excluding hydrogens is 430 g/mol. The largest absolute Gasteiger partial charge is 0.467 e. The quantitative estimate of drug-likeness (QED) is 0.542. The topological polar surface area (TPSA) is 109 Å². The van der Waals surface area contributed by atoms with E-state index >= 15 is 0 Å². The van der Waals surface area contributed by atoms with Gasteiger partial charge in [-0.05, 0) is 61.4 Å². The number of carbonyl (C=O) groups excluding carboxylic acids is 2. The van der Waals surface area contributed by atoms with Crippen LogP contribution in [0.1, 0.15) is 27.2 Å². The number of aryl methyl sites for hydroxylation is 2. The first-order valence-electron chi connectivity index (χ1n) is 9.89. The standard InChI is InChI=1S/C23H25N3O5S/c1-16-10-11-18(13-17(16)2)26(32(3,29)30)15-22(27)25-21-9-5-4-8-20(21)23(28)24-14-19-7-6-12-31-19/h4-13H,14-15H2,1-3H3,(H,24,28)(H,25,27). The molecule has 0 radical (unpaired) electrons. The van der Waals surface area contributed by atoms with Crippen LogP contribution >= 0.6 is 0 Å². The first-order chi connectivity index (χ1) is 15.1. The summed E-state index contributed by atoms with van der Waals surface area (Å²) in [5.41, 5.74) is 2.86. The highest BCUT2D eigenvalue weighted by Gasteiger charge is 2.22. The van der Waals surface area contributed by atoms with E-state index in [0.29, 0.717) is 11.4 Å². The summed E-state index contributed by atoms with van der Waals surface area (Å²) >= 11 is 0. The maximum absolute atomic E-state index is 12.8. The normalized spacial score (nSPS) is 11.1. The summed E-state index contributed by atoms with van der Waals surface area (Å²) in [5.74, 6) is -0.372. The van der Waals surface area contributed by atoms with Crippen molar-refractivity contribution in [2.45, 2.75) is 20.4 Å². The van der Waals surface area contributed by atoms with E-state index in [1.807, 2.05) is 13.8 Å². The number of benzene rings is 2. The predicted octanol–water partition coefficient (Wildman–Crippen LogP) is 3.23. The third-order valence-electron chi connectivity index (χ3n) is 4.92. The molecule has 3 aromatic rings. The lowest BCUT2D eigenvalue weighted by Gasteiger charge is -2.23. The van der Waals surface area contributed by atoms with Gasteiger partial charge in [-0.15, -0.1) is 0 Å². The summed E-state index contributed by atoms with van der Waals surface area (Å²) in [5, 5.41) is 5.38. The fourth-order valence-corrected chi connectivity index (χ4v) is 3.92. The molecule has 2 N–H and O–H groups in total. The Bertz CT molecular complexity index is 1220. The van der Waals surface area contributed by atoms with Crippen molar-refractivity contribution in [3.05, 3.63) is 83.3 Å². The predicted molar refractivity (Wildman–Crippen MR) is 123 cm³/mol. The van der Waals surface area contributed by atoms with Crippen molar-refractivity contribution in [1.29, 1.82) is 0 Å². The van der Waals surface area contributed by atoms with Gasteiger partial charge in [-0.2, -0.15) is 0 Å². The molecule has 0 aliphatic rings. The number of hydrogen-bond donors (Lipinski definition) is 2. The van der Waals surface area contributed by atoms with Gasteiger partial charge in [0.25, 0.3) is 5.91 Å². The number of nitrogens with one attached hydrogen (secondary N) is 2. The monoisotopic (exact) mass is 455 g/mol. The molecule has 1 heterocycles. The van der Waals surface area contributed by atoms with Crippen LogP contribution in [0.4, 0.5) is 11.4 Å². The van der Waals surface area contributed by atoms with Crippen molar-refractivity contribution in [3.63, 3.8) is 0 Å². The van der Waals surface area contributed by atoms with Crippen molar-refractivity contribution in [1.82, 2.24) is 5.32 Å². The van der Waals surface area contributed by atoms with Gasteiger partial charge in [0.1, 0.15) is 12.3 Å². The van der Waals surface area contributed by atoms with Crippen LogP contribution in [0, 0.1) is 13.8 Å². The van der Waals surface area contributed by atoms with Crippen LogP contribution in [-0.2, 0) is 21.4 Å². The molecule has 0 atom stereocenters. The molecule has 0 bridgehead atoms. The van der Waals surface area contributed by atoms with Gasteiger partial charge in [-0.25, -0.2) is 8.42 Å². The second-order valence-corrected chi connectivity index (χ2v) is 9.30. The van der Waals surface area contributed by atoms with Crippen molar-refractivity contribution >= 4 is 33.2 Å². The first kappa shape index (κ1) is 23.1. The van der Waals surface area contributed by atoms with Crippen molar-refractivity contribution in [2.24, 2.45) is 0 Å². The zero-order valence-electron chi connectivity index (χ0n) is 18.1. The van der Waals surface area contributed by atoms with Crippen LogP contribution in [0.25, 0.3) is 0 Å². The van der Waals surface area contributed by atoms with E-state index in [9.17, 15) is 18.0 Å². The minimum Gasteiger partial charge on any atom is -0.467 e. The molecule has 0 unspecified atom stereocenters. The van der Waals surface area contributed by atoms with Crippen LogP contribution in [0.3, 0.4) is 0 Å². The number of sulfonamides is 1. The molecule has 1 aromatic heterocycles. The number of amides is 2. The molecular formula is C23H25N3O5S. The van der Waals surface area contributed by atoms with Crippen molar-refractivity contribution < 1.29 is 22.4 Å². The minimum atomic E-state index is -3.71. The molecule has 2 amide bonds. The maximum atomic E-state index is 12.8. The molecule has 0 saturated heterocycles. The van der Waals surface area contributed by atoms with Gasteiger partial charge in [0, 0.05) is 0 Å². The number of carbonyl (C=O) groups is 2.